The average Bonchev–Trinajstić information content (AvgIpc) is 2.44. The predicted octanol–water partition coefficient (Wildman–Crippen LogP) is 3.53. The van der Waals surface area contributed by atoms with Gasteiger partial charge in [0.25, 0.3) is 0 Å². The van der Waals surface area contributed by atoms with Crippen molar-refractivity contribution in [2.45, 2.75) is 46.1 Å². The lowest BCUT2D eigenvalue weighted by atomic mass is 9.92. The van der Waals surface area contributed by atoms with Gasteiger partial charge in [0, 0.05) is 19.6 Å². The zero-order chi connectivity index (χ0) is 16.1. The molecule has 3 nitrogen and oxygen atoms in total. The molecule has 2 rings (SSSR count). The number of aliphatic hydroxyl groups is 1. The first-order chi connectivity index (χ1) is 10.4. The fourth-order valence-corrected chi connectivity index (χ4v) is 3.43. The Hall–Kier alpha value is -1.06. The fraction of sp³-hybridized carbons (Fsp3) is 0.684. The summed E-state index contributed by atoms with van der Waals surface area (Å²) in [5, 5.41) is 10.2. The summed E-state index contributed by atoms with van der Waals surface area (Å²) in [6, 6.07) is 8.18. The van der Waals surface area contributed by atoms with E-state index in [1.165, 1.54) is 12.0 Å². The number of likely N-dealkylation sites (tertiary alicyclic amines) is 1. The van der Waals surface area contributed by atoms with Crippen molar-refractivity contribution in [1.82, 2.24) is 4.90 Å². The molecule has 0 saturated carbocycles. The molecule has 0 unspecified atom stereocenters. The molecule has 3 atom stereocenters. The highest BCUT2D eigenvalue weighted by molar-refractivity contribution is 5.28. The van der Waals surface area contributed by atoms with Crippen LogP contribution in [0.25, 0.3) is 0 Å². The van der Waals surface area contributed by atoms with Crippen molar-refractivity contribution in [1.29, 1.82) is 0 Å². The molecule has 1 saturated heterocycles. The van der Waals surface area contributed by atoms with Crippen LogP contribution < -0.4 is 4.74 Å². The molecule has 1 heterocycles. The number of nitrogens with zero attached hydrogens (tertiary/aromatic N) is 1. The monoisotopic (exact) mass is 305 g/mol. The van der Waals surface area contributed by atoms with E-state index in [1.54, 1.807) is 0 Å². The molecule has 0 aromatic heterocycles. The van der Waals surface area contributed by atoms with E-state index in [9.17, 15) is 5.11 Å². The van der Waals surface area contributed by atoms with Crippen LogP contribution in [0.5, 0.6) is 5.75 Å². The number of piperidine rings is 1. The van der Waals surface area contributed by atoms with E-state index >= 15 is 0 Å². The number of aliphatic hydroxyl groups excluding tert-OH is 1. The van der Waals surface area contributed by atoms with Gasteiger partial charge in [-0.3, -0.25) is 0 Å². The van der Waals surface area contributed by atoms with Crippen LogP contribution >= 0.6 is 0 Å². The van der Waals surface area contributed by atoms with Crippen molar-refractivity contribution in [3.63, 3.8) is 0 Å². The first-order valence-electron chi connectivity index (χ1n) is 8.57. The van der Waals surface area contributed by atoms with Crippen LogP contribution in [0, 0.1) is 11.8 Å². The maximum atomic E-state index is 10.2. The van der Waals surface area contributed by atoms with Crippen LogP contribution in [0.4, 0.5) is 0 Å². The zero-order valence-electron chi connectivity index (χ0n) is 14.5. The lowest BCUT2D eigenvalue weighted by molar-refractivity contribution is 0.0429. The average molecular weight is 305 g/mol. The summed E-state index contributed by atoms with van der Waals surface area (Å²) in [6.45, 7) is 12.2. The van der Waals surface area contributed by atoms with Gasteiger partial charge in [0.2, 0.25) is 0 Å². The Kier molecular flexibility index (Phi) is 6.27. The summed E-state index contributed by atoms with van der Waals surface area (Å²) in [5.74, 6) is 2.81. The molecule has 0 bridgehead atoms. The van der Waals surface area contributed by atoms with Crippen molar-refractivity contribution in [3.8, 4) is 5.75 Å². The van der Waals surface area contributed by atoms with E-state index in [4.69, 9.17) is 4.74 Å². The Morgan fingerprint density at radius 1 is 1.14 bits per heavy atom. The summed E-state index contributed by atoms with van der Waals surface area (Å²) in [5.41, 5.74) is 1.31. The first-order valence-corrected chi connectivity index (χ1v) is 8.57. The molecule has 3 heteroatoms. The number of hydrogen-bond acceptors (Lipinski definition) is 3. The van der Waals surface area contributed by atoms with Crippen LogP contribution in [0.15, 0.2) is 24.3 Å². The van der Waals surface area contributed by atoms with Crippen molar-refractivity contribution in [2.24, 2.45) is 11.8 Å². The summed E-state index contributed by atoms with van der Waals surface area (Å²) in [4.78, 5) is 2.37. The van der Waals surface area contributed by atoms with E-state index in [1.807, 2.05) is 12.1 Å². The molecule has 1 fully saturated rings. The molecule has 124 valence electrons. The summed E-state index contributed by atoms with van der Waals surface area (Å²) in [6.07, 6.45) is 0.868. The Morgan fingerprint density at radius 2 is 1.73 bits per heavy atom. The van der Waals surface area contributed by atoms with Gasteiger partial charge in [0.15, 0.2) is 0 Å². The minimum atomic E-state index is -0.428. The third-order valence-corrected chi connectivity index (χ3v) is 4.40. The molecule has 1 aromatic carbocycles. The van der Waals surface area contributed by atoms with Crippen LogP contribution in [0.3, 0.4) is 0 Å². The molecule has 22 heavy (non-hydrogen) atoms. The molecule has 1 aliphatic heterocycles. The number of hydrogen-bond donors (Lipinski definition) is 1. The number of benzene rings is 1. The molecular formula is C19H31NO2. The third kappa shape index (κ3) is 5.29. The van der Waals surface area contributed by atoms with Gasteiger partial charge in [-0.05, 0) is 41.9 Å². The molecule has 0 amide bonds. The normalized spacial score (nSPS) is 24.5. The molecular weight excluding hydrogens is 274 g/mol. The van der Waals surface area contributed by atoms with Crippen LogP contribution in [0.2, 0.25) is 0 Å². The van der Waals surface area contributed by atoms with E-state index in [2.05, 4.69) is 44.7 Å². The Bertz CT molecular complexity index is 433. The number of rotatable bonds is 6. The third-order valence-electron chi connectivity index (χ3n) is 4.40. The minimum Gasteiger partial charge on any atom is -0.491 e. The number of ether oxygens (including phenoxy) is 1. The van der Waals surface area contributed by atoms with E-state index < -0.39 is 6.10 Å². The summed E-state index contributed by atoms with van der Waals surface area (Å²) < 4.78 is 5.72. The Balaban J connectivity index is 1.76. The highest BCUT2D eigenvalue weighted by atomic mass is 16.5. The lowest BCUT2D eigenvalue weighted by Crippen LogP contribution is -2.43. The van der Waals surface area contributed by atoms with Crippen molar-refractivity contribution < 1.29 is 9.84 Å². The van der Waals surface area contributed by atoms with Gasteiger partial charge in [-0.2, -0.15) is 0 Å². The first kappa shape index (κ1) is 17.3. The fourth-order valence-electron chi connectivity index (χ4n) is 3.43. The van der Waals surface area contributed by atoms with E-state index in [0.717, 1.165) is 30.7 Å². The quantitative estimate of drug-likeness (QED) is 0.873. The highest BCUT2D eigenvalue weighted by Gasteiger charge is 2.23. The summed E-state index contributed by atoms with van der Waals surface area (Å²) in [7, 11) is 0. The molecule has 1 aliphatic rings. The standard InChI is InChI=1S/C19H31NO2/c1-14(2)17-5-7-19(8-6-17)22-13-18(21)12-20-10-15(3)9-16(4)11-20/h5-8,14-16,18,21H,9-13H2,1-4H3/t15-,16-,18-/m1/s1. The second kappa shape index (κ2) is 7.98. The van der Waals surface area contributed by atoms with E-state index in [-0.39, 0.29) is 0 Å². The second-order valence-electron chi connectivity index (χ2n) is 7.35. The molecule has 0 radical (unpaired) electrons. The molecule has 1 aromatic rings. The zero-order valence-corrected chi connectivity index (χ0v) is 14.5. The second-order valence-corrected chi connectivity index (χ2v) is 7.35. The van der Waals surface area contributed by atoms with Gasteiger partial charge in [-0.1, -0.05) is 39.8 Å². The smallest absolute Gasteiger partial charge is 0.119 e. The largest absolute Gasteiger partial charge is 0.491 e. The van der Waals surface area contributed by atoms with Crippen LogP contribution in [0.1, 0.15) is 45.6 Å². The molecule has 1 N–H and O–H groups in total. The van der Waals surface area contributed by atoms with Gasteiger partial charge in [-0.25, -0.2) is 0 Å². The van der Waals surface area contributed by atoms with E-state index in [0.29, 0.717) is 19.1 Å². The van der Waals surface area contributed by atoms with Crippen LogP contribution in [-0.2, 0) is 0 Å². The van der Waals surface area contributed by atoms with Crippen molar-refractivity contribution in [2.75, 3.05) is 26.2 Å². The topological polar surface area (TPSA) is 32.7 Å². The number of β-amino-alcohol motifs (C(OH)–C–C–N with tert-alkyl or cyclic N) is 1. The van der Waals surface area contributed by atoms with Gasteiger partial charge in [0.1, 0.15) is 18.5 Å². The summed E-state index contributed by atoms with van der Waals surface area (Å²) >= 11 is 0. The Labute approximate surface area is 135 Å². The maximum absolute atomic E-state index is 10.2. The van der Waals surface area contributed by atoms with Gasteiger partial charge in [0.05, 0.1) is 0 Å². The van der Waals surface area contributed by atoms with Crippen molar-refractivity contribution in [3.05, 3.63) is 29.8 Å². The predicted molar refractivity (Wildman–Crippen MR) is 91.4 cm³/mol. The lowest BCUT2D eigenvalue weighted by Gasteiger charge is -2.35. The van der Waals surface area contributed by atoms with Gasteiger partial charge < -0.3 is 14.7 Å². The van der Waals surface area contributed by atoms with Crippen molar-refractivity contribution >= 4 is 0 Å². The van der Waals surface area contributed by atoms with Gasteiger partial charge in [-0.15, -0.1) is 0 Å². The maximum Gasteiger partial charge on any atom is 0.119 e. The Morgan fingerprint density at radius 3 is 2.27 bits per heavy atom. The van der Waals surface area contributed by atoms with Crippen LogP contribution in [-0.4, -0.2) is 42.4 Å². The minimum absolute atomic E-state index is 0.361. The molecule has 0 spiro atoms. The molecule has 0 aliphatic carbocycles. The van der Waals surface area contributed by atoms with Gasteiger partial charge >= 0.3 is 0 Å². The highest BCUT2D eigenvalue weighted by Crippen LogP contribution is 2.21. The SMILES string of the molecule is CC(C)c1ccc(OC[C@H](O)CN2C[C@H](C)C[C@@H](C)C2)cc1.